The van der Waals surface area contributed by atoms with Crippen molar-refractivity contribution in [3.05, 3.63) is 41.8 Å². The molecule has 150 valence electrons. The number of rotatable bonds is 6. The maximum Gasteiger partial charge on any atom is 0.232 e. The lowest BCUT2D eigenvalue weighted by Gasteiger charge is -2.10. The van der Waals surface area contributed by atoms with Crippen molar-refractivity contribution in [3.63, 3.8) is 0 Å². The fourth-order valence-corrected chi connectivity index (χ4v) is 3.96. The zero-order valence-electron chi connectivity index (χ0n) is 16.3. The van der Waals surface area contributed by atoms with Crippen molar-refractivity contribution in [2.45, 2.75) is 26.4 Å². The molecule has 4 rings (SSSR count). The molecule has 2 aromatic heterocycles. The number of fused-ring (bicyclic) bond motifs is 2. The Morgan fingerprint density at radius 1 is 1.17 bits per heavy atom. The summed E-state index contributed by atoms with van der Waals surface area (Å²) in [5.41, 5.74) is 3.81. The molecule has 29 heavy (non-hydrogen) atoms. The minimum absolute atomic E-state index is 0.0462. The number of hydrogen-bond donors (Lipinski definition) is 1. The number of thiazole rings is 1. The van der Waals surface area contributed by atoms with Gasteiger partial charge in [0.1, 0.15) is 11.6 Å². The van der Waals surface area contributed by atoms with Crippen LogP contribution in [-0.2, 0) is 0 Å². The SMILES string of the molecule is CCC(O)COc1cc2sc(-c3cc(C)cc4nc(OC)cnc34)nc2cc1F. The molecule has 0 aliphatic rings. The monoisotopic (exact) mass is 413 g/mol. The molecule has 0 saturated heterocycles. The third-order valence-electron chi connectivity index (χ3n) is 4.55. The highest BCUT2D eigenvalue weighted by Crippen LogP contribution is 2.37. The van der Waals surface area contributed by atoms with E-state index in [0.717, 1.165) is 20.8 Å². The van der Waals surface area contributed by atoms with Crippen molar-refractivity contribution in [1.82, 2.24) is 15.0 Å². The van der Waals surface area contributed by atoms with Gasteiger partial charge in [0.05, 0.1) is 40.7 Å². The zero-order chi connectivity index (χ0) is 20.5. The average molecular weight is 413 g/mol. The molecular weight excluding hydrogens is 393 g/mol. The van der Waals surface area contributed by atoms with Gasteiger partial charge >= 0.3 is 0 Å². The molecule has 1 unspecified atom stereocenters. The molecule has 1 atom stereocenters. The molecule has 0 radical (unpaired) electrons. The molecule has 4 aromatic rings. The number of halogens is 1. The third-order valence-corrected chi connectivity index (χ3v) is 5.60. The topological polar surface area (TPSA) is 77.4 Å². The normalized spacial score (nSPS) is 12.4. The van der Waals surface area contributed by atoms with E-state index in [4.69, 9.17) is 9.47 Å². The predicted octanol–water partition coefficient (Wildman–Crippen LogP) is 4.51. The van der Waals surface area contributed by atoms with Crippen LogP contribution in [0.15, 0.2) is 30.5 Å². The van der Waals surface area contributed by atoms with E-state index in [-0.39, 0.29) is 12.4 Å². The number of methoxy groups -OCH3 is 1. The summed E-state index contributed by atoms with van der Waals surface area (Å²) in [6, 6.07) is 6.91. The van der Waals surface area contributed by atoms with E-state index in [2.05, 4.69) is 15.0 Å². The number of aromatic nitrogens is 3. The highest BCUT2D eigenvalue weighted by Gasteiger charge is 2.16. The van der Waals surface area contributed by atoms with Gasteiger partial charge in [-0.1, -0.05) is 6.92 Å². The van der Waals surface area contributed by atoms with Gasteiger partial charge < -0.3 is 14.6 Å². The number of aliphatic hydroxyl groups is 1. The zero-order valence-corrected chi connectivity index (χ0v) is 17.1. The summed E-state index contributed by atoms with van der Waals surface area (Å²) in [4.78, 5) is 13.6. The smallest absolute Gasteiger partial charge is 0.232 e. The van der Waals surface area contributed by atoms with E-state index >= 15 is 0 Å². The fraction of sp³-hybridized carbons (Fsp3) is 0.286. The van der Waals surface area contributed by atoms with Crippen molar-refractivity contribution in [2.24, 2.45) is 0 Å². The fourth-order valence-electron chi connectivity index (χ4n) is 2.97. The Morgan fingerprint density at radius 3 is 2.76 bits per heavy atom. The number of aryl methyl sites for hydroxylation is 1. The van der Waals surface area contributed by atoms with Gasteiger partial charge in [-0.25, -0.2) is 19.3 Å². The first-order chi connectivity index (χ1) is 14.0. The number of nitrogens with zero attached hydrogens (tertiary/aromatic N) is 3. The summed E-state index contributed by atoms with van der Waals surface area (Å²) in [6.45, 7) is 3.86. The number of aliphatic hydroxyl groups excluding tert-OH is 1. The van der Waals surface area contributed by atoms with Crippen molar-refractivity contribution >= 4 is 32.6 Å². The molecule has 0 bridgehead atoms. The van der Waals surface area contributed by atoms with Crippen LogP contribution in [0.2, 0.25) is 0 Å². The second kappa shape index (κ2) is 7.88. The van der Waals surface area contributed by atoms with Crippen molar-refractivity contribution in [1.29, 1.82) is 0 Å². The Labute approximate surface area is 171 Å². The first-order valence-corrected chi connectivity index (χ1v) is 10.0. The van der Waals surface area contributed by atoms with Crippen LogP contribution >= 0.6 is 11.3 Å². The number of ether oxygens (including phenoxy) is 2. The first-order valence-electron chi connectivity index (χ1n) is 9.21. The van der Waals surface area contributed by atoms with Crippen LogP contribution in [0.4, 0.5) is 4.39 Å². The maximum atomic E-state index is 14.4. The molecule has 6 nitrogen and oxygen atoms in total. The Balaban J connectivity index is 1.78. The number of hydrogen-bond acceptors (Lipinski definition) is 7. The van der Waals surface area contributed by atoms with Gasteiger partial charge in [-0.15, -0.1) is 11.3 Å². The Bertz CT molecular complexity index is 1190. The summed E-state index contributed by atoms with van der Waals surface area (Å²) in [7, 11) is 1.55. The summed E-state index contributed by atoms with van der Waals surface area (Å²) in [6.07, 6.45) is 1.48. The van der Waals surface area contributed by atoms with Crippen LogP contribution < -0.4 is 9.47 Å². The van der Waals surface area contributed by atoms with Crippen LogP contribution in [0.25, 0.3) is 31.8 Å². The highest BCUT2D eigenvalue weighted by molar-refractivity contribution is 7.21. The first kappa shape index (κ1) is 19.5. The van der Waals surface area contributed by atoms with Crippen LogP contribution in [0.1, 0.15) is 18.9 Å². The van der Waals surface area contributed by atoms with Gasteiger partial charge in [0.2, 0.25) is 5.88 Å². The second-order valence-corrected chi connectivity index (χ2v) is 7.77. The van der Waals surface area contributed by atoms with Crippen LogP contribution in [-0.4, -0.2) is 39.9 Å². The second-order valence-electron chi connectivity index (χ2n) is 6.74. The lowest BCUT2D eigenvalue weighted by atomic mass is 10.1. The largest absolute Gasteiger partial charge is 0.488 e. The molecule has 0 saturated carbocycles. The molecule has 0 fully saturated rings. The quantitative estimate of drug-likeness (QED) is 0.501. The minimum atomic E-state index is -0.628. The van der Waals surface area contributed by atoms with Gasteiger partial charge in [0, 0.05) is 17.7 Å². The lowest BCUT2D eigenvalue weighted by molar-refractivity contribution is 0.102. The average Bonchev–Trinajstić information content (AvgIpc) is 3.12. The van der Waals surface area contributed by atoms with E-state index in [1.807, 2.05) is 26.0 Å². The Morgan fingerprint density at radius 2 is 2.00 bits per heavy atom. The molecule has 2 heterocycles. The summed E-state index contributed by atoms with van der Waals surface area (Å²) < 4.78 is 25.8. The standard InChI is InChI=1S/C21H20FN3O3S/c1-4-12(26)10-28-17-8-18-15(7-14(17)22)25-21(29-18)13-5-11(2)6-16-20(13)23-9-19(24-16)27-3/h5-9,12,26H,4,10H2,1-3H3. The lowest BCUT2D eigenvalue weighted by Crippen LogP contribution is -2.16. The molecule has 8 heteroatoms. The number of benzene rings is 2. The molecule has 0 aliphatic carbocycles. The highest BCUT2D eigenvalue weighted by atomic mass is 32.1. The van der Waals surface area contributed by atoms with E-state index < -0.39 is 11.9 Å². The molecule has 2 aromatic carbocycles. The van der Waals surface area contributed by atoms with Crippen molar-refractivity contribution < 1.29 is 19.0 Å². The molecule has 0 spiro atoms. The van der Waals surface area contributed by atoms with Crippen LogP contribution in [0.3, 0.4) is 0 Å². The molecule has 1 N–H and O–H groups in total. The van der Waals surface area contributed by atoms with E-state index in [0.29, 0.717) is 28.9 Å². The van der Waals surface area contributed by atoms with Crippen LogP contribution in [0.5, 0.6) is 11.6 Å². The molecule has 0 amide bonds. The summed E-state index contributed by atoms with van der Waals surface area (Å²) >= 11 is 1.43. The third kappa shape index (κ3) is 3.86. The van der Waals surface area contributed by atoms with Crippen molar-refractivity contribution in [3.8, 4) is 22.2 Å². The summed E-state index contributed by atoms with van der Waals surface area (Å²) in [5, 5.41) is 10.4. The van der Waals surface area contributed by atoms with Crippen molar-refractivity contribution in [2.75, 3.05) is 13.7 Å². The summed E-state index contributed by atoms with van der Waals surface area (Å²) in [5.74, 6) is 0.0478. The van der Waals surface area contributed by atoms with Crippen LogP contribution in [0, 0.1) is 12.7 Å². The minimum Gasteiger partial charge on any atom is -0.488 e. The van der Waals surface area contributed by atoms with E-state index in [1.54, 1.807) is 19.4 Å². The van der Waals surface area contributed by atoms with Gasteiger partial charge in [-0.3, -0.25) is 0 Å². The Kier molecular flexibility index (Phi) is 5.29. The molecule has 0 aliphatic heterocycles. The Hall–Kier alpha value is -2.84. The van der Waals surface area contributed by atoms with Gasteiger partial charge in [-0.05, 0) is 31.0 Å². The maximum absolute atomic E-state index is 14.4. The van der Waals surface area contributed by atoms with E-state index in [1.165, 1.54) is 17.4 Å². The van der Waals surface area contributed by atoms with Gasteiger partial charge in [0.25, 0.3) is 0 Å². The van der Waals surface area contributed by atoms with E-state index in [9.17, 15) is 9.50 Å². The molecular formula is C21H20FN3O3S. The van der Waals surface area contributed by atoms with Gasteiger partial charge in [-0.2, -0.15) is 0 Å². The predicted molar refractivity (Wildman–Crippen MR) is 111 cm³/mol. The van der Waals surface area contributed by atoms with Gasteiger partial charge in [0.15, 0.2) is 11.6 Å².